The van der Waals surface area contributed by atoms with Gasteiger partial charge in [-0.25, -0.2) is 0 Å². The summed E-state index contributed by atoms with van der Waals surface area (Å²) in [6.07, 6.45) is 3.05. The molecule has 0 radical (unpaired) electrons. The Morgan fingerprint density at radius 2 is 1.77 bits per heavy atom. The van der Waals surface area contributed by atoms with Crippen molar-refractivity contribution in [1.29, 1.82) is 0 Å². The van der Waals surface area contributed by atoms with E-state index in [0.717, 1.165) is 28.1 Å². The van der Waals surface area contributed by atoms with E-state index >= 15 is 0 Å². The molecule has 47 heavy (non-hydrogen) atoms. The van der Waals surface area contributed by atoms with Crippen molar-refractivity contribution in [3.05, 3.63) is 101 Å². The summed E-state index contributed by atoms with van der Waals surface area (Å²) in [5.74, 6) is -0.759. The zero-order chi connectivity index (χ0) is 33.1. The van der Waals surface area contributed by atoms with Gasteiger partial charge in [0.05, 0.1) is 35.7 Å². The fourth-order valence-electron chi connectivity index (χ4n) is 8.19. The molecule has 0 bridgehead atoms. The summed E-state index contributed by atoms with van der Waals surface area (Å²) in [5.41, 5.74) is 4.23. The first kappa shape index (κ1) is 31.4. The minimum absolute atomic E-state index is 0.0123. The zero-order valence-electron chi connectivity index (χ0n) is 27.2. The zero-order valence-corrected chi connectivity index (χ0v) is 28.2. The number of fused-ring (bicyclic) bond motifs is 3. The Hall–Kier alpha value is -4.16. The van der Waals surface area contributed by atoms with Gasteiger partial charge in [0.15, 0.2) is 13.9 Å². The van der Waals surface area contributed by atoms with Gasteiger partial charge in [-0.05, 0) is 61.3 Å². The van der Waals surface area contributed by atoms with E-state index in [0.29, 0.717) is 37.2 Å². The molecule has 3 aliphatic heterocycles. The van der Waals surface area contributed by atoms with Crippen molar-refractivity contribution in [3.8, 4) is 0 Å². The van der Waals surface area contributed by atoms with Gasteiger partial charge >= 0.3 is 0 Å². The molecule has 244 valence electrons. The predicted octanol–water partition coefficient (Wildman–Crippen LogP) is 4.88. The van der Waals surface area contributed by atoms with Crippen LogP contribution in [-0.4, -0.2) is 64.8 Å². The number of likely N-dealkylation sites (N-methyl/N-ethyl adjacent to an activating group) is 1. The summed E-state index contributed by atoms with van der Waals surface area (Å²) >= 11 is 0. The molecule has 3 aromatic carbocycles. The highest BCUT2D eigenvalue weighted by Crippen LogP contribution is 2.60. The second-order valence-electron chi connectivity index (χ2n) is 13.6. The molecule has 1 spiro atoms. The molecule has 11 heteroatoms. The number of anilines is 3. The lowest BCUT2D eigenvalue weighted by Gasteiger charge is -2.33. The maximum Gasteiger partial charge on any atom is 0.264 e. The topological polar surface area (TPSA) is 121 Å². The summed E-state index contributed by atoms with van der Waals surface area (Å²) in [5, 5.41) is 18.9. The number of ether oxygens (including phenoxy) is 1. The van der Waals surface area contributed by atoms with Crippen LogP contribution in [0.15, 0.2) is 79.0 Å². The molecule has 0 saturated carbocycles. The van der Waals surface area contributed by atoms with Gasteiger partial charge in [-0.15, -0.1) is 5.10 Å². The number of aromatic nitrogens is 3. The number of aliphatic hydroxyl groups excluding tert-OH is 1. The van der Waals surface area contributed by atoms with Crippen LogP contribution in [0.4, 0.5) is 17.1 Å². The van der Waals surface area contributed by atoms with Gasteiger partial charge in [0.1, 0.15) is 0 Å². The summed E-state index contributed by atoms with van der Waals surface area (Å²) < 4.78 is 8.70. The first-order valence-electron chi connectivity index (χ1n) is 16.3. The molecule has 1 unspecified atom stereocenters. The van der Waals surface area contributed by atoms with Gasteiger partial charge in [-0.3, -0.25) is 19.2 Å². The second kappa shape index (κ2) is 11.8. The van der Waals surface area contributed by atoms with Gasteiger partial charge in [0.25, 0.3) is 5.91 Å². The third-order valence-corrected chi connectivity index (χ3v) is 12.9. The number of hydrogen-bond donors (Lipinski definition) is 2. The Bertz CT molecular complexity index is 1820. The molecule has 5 atom stereocenters. The molecule has 4 aromatic rings. The number of rotatable bonds is 8. The summed E-state index contributed by atoms with van der Waals surface area (Å²) in [6.45, 7) is 6.21. The van der Waals surface area contributed by atoms with Gasteiger partial charge in [0.2, 0.25) is 5.91 Å². The van der Waals surface area contributed by atoms with Crippen LogP contribution < -0.4 is 9.80 Å². The quantitative estimate of drug-likeness (QED) is 0.261. The van der Waals surface area contributed by atoms with E-state index in [1.165, 1.54) is 0 Å². The standard InChI is InChI=1S/C36H41N5O5Si/c1-23-34(47(3,4)45)32(18-19-40-21-29(37-38-40)27(22-42)24-10-6-5-7-11-24)46-36(23)28-20-26(15-16-31(28)39(2)35(36)44)41-30-13-9-8-12-25(30)14-17-33(41)43/h5-13,15-16,20-21,23,27,32,34,42,45H,14,17-19,22H2,1-4H3/t23-,27?,32+,34-,36+/m0/s1. The van der Waals surface area contributed by atoms with Crippen molar-refractivity contribution >= 4 is 37.2 Å². The van der Waals surface area contributed by atoms with E-state index < -0.39 is 20.0 Å². The first-order chi connectivity index (χ1) is 22.5. The van der Waals surface area contributed by atoms with Crippen molar-refractivity contribution in [2.75, 3.05) is 23.5 Å². The van der Waals surface area contributed by atoms with Crippen LogP contribution in [-0.2, 0) is 32.9 Å². The predicted molar refractivity (Wildman–Crippen MR) is 181 cm³/mol. The maximum atomic E-state index is 14.3. The Labute approximate surface area is 275 Å². The molecule has 7 rings (SSSR count). The van der Waals surface area contributed by atoms with E-state index in [1.54, 1.807) is 21.5 Å². The van der Waals surface area contributed by atoms with Crippen molar-refractivity contribution in [3.63, 3.8) is 0 Å². The number of nitrogens with zero attached hydrogens (tertiary/aromatic N) is 5. The smallest absolute Gasteiger partial charge is 0.264 e. The Kier molecular flexibility index (Phi) is 7.90. The van der Waals surface area contributed by atoms with Crippen molar-refractivity contribution in [2.24, 2.45) is 5.92 Å². The number of aryl methyl sites for hydroxylation is 2. The minimum atomic E-state index is -2.86. The maximum absolute atomic E-state index is 14.3. The van der Waals surface area contributed by atoms with Gasteiger partial charge in [-0.1, -0.05) is 60.7 Å². The van der Waals surface area contributed by atoms with E-state index in [9.17, 15) is 19.5 Å². The van der Waals surface area contributed by atoms with Crippen LogP contribution in [0.25, 0.3) is 0 Å². The molecule has 2 N–H and O–H groups in total. The molecule has 10 nitrogen and oxygen atoms in total. The lowest BCUT2D eigenvalue weighted by Crippen LogP contribution is -2.45. The number of amides is 2. The number of carbonyl (C=O) groups is 2. The lowest BCUT2D eigenvalue weighted by atomic mass is 9.82. The largest absolute Gasteiger partial charge is 0.432 e. The van der Waals surface area contributed by atoms with Crippen molar-refractivity contribution < 1.29 is 24.2 Å². The van der Waals surface area contributed by atoms with E-state index in [-0.39, 0.29) is 35.8 Å². The average Bonchev–Trinajstić information content (AvgIpc) is 3.71. The highest BCUT2D eigenvalue weighted by Gasteiger charge is 2.65. The van der Waals surface area contributed by atoms with Crippen LogP contribution >= 0.6 is 0 Å². The van der Waals surface area contributed by atoms with Gasteiger partial charge < -0.3 is 19.5 Å². The second-order valence-corrected chi connectivity index (χ2v) is 17.6. The number of aliphatic hydroxyl groups is 1. The van der Waals surface area contributed by atoms with Gasteiger partial charge in [0, 0.05) is 48.9 Å². The number of para-hydroxylation sites is 1. The van der Waals surface area contributed by atoms with Crippen molar-refractivity contribution in [2.45, 2.75) is 69.0 Å². The minimum Gasteiger partial charge on any atom is -0.432 e. The monoisotopic (exact) mass is 651 g/mol. The number of hydrogen-bond acceptors (Lipinski definition) is 7. The van der Waals surface area contributed by atoms with Gasteiger partial charge in [-0.2, -0.15) is 0 Å². The SMILES string of the molecule is C[C@H]1[C@H]([Si](C)(C)O)[C@@H](CCn2cc(C(CO)c3ccccc3)nn2)O[C@]12C(=O)N(C)c1ccc(N3C(=O)CCc4ccccc43)cc12. The van der Waals surface area contributed by atoms with E-state index in [4.69, 9.17) is 4.74 Å². The van der Waals surface area contributed by atoms with Crippen LogP contribution in [0.1, 0.15) is 48.1 Å². The molecule has 1 saturated heterocycles. The Morgan fingerprint density at radius 3 is 2.51 bits per heavy atom. The first-order valence-corrected chi connectivity index (χ1v) is 19.4. The lowest BCUT2D eigenvalue weighted by molar-refractivity contribution is -0.145. The number of benzene rings is 3. The molecule has 4 heterocycles. The van der Waals surface area contributed by atoms with Crippen LogP contribution in [0, 0.1) is 5.92 Å². The van der Waals surface area contributed by atoms with E-state index in [1.807, 2.05) is 92.9 Å². The van der Waals surface area contributed by atoms with Crippen molar-refractivity contribution in [1.82, 2.24) is 15.0 Å². The summed E-state index contributed by atoms with van der Waals surface area (Å²) in [6, 6.07) is 23.4. The highest BCUT2D eigenvalue weighted by molar-refractivity contribution is 6.71. The molecule has 2 amide bonds. The fraction of sp³-hybridized carbons (Fsp3) is 0.389. The molecular formula is C36H41N5O5Si. The Balaban J connectivity index is 1.21. The Morgan fingerprint density at radius 1 is 1.02 bits per heavy atom. The molecule has 3 aliphatic rings. The van der Waals surface area contributed by atoms with Crippen LogP contribution in [0.5, 0.6) is 0 Å². The molecule has 1 aromatic heterocycles. The molecule has 0 aliphatic carbocycles. The fourth-order valence-corrected chi connectivity index (χ4v) is 10.8. The highest BCUT2D eigenvalue weighted by atomic mass is 28.4. The molecule has 1 fully saturated rings. The average molecular weight is 652 g/mol. The molecular weight excluding hydrogens is 611 g/mol. The summed E-state index contributed by atoms with van der Waals surface area (Å²) in [4.78, 5) is 42.7. The third kappa shape index (κ3) is 5.12. The normalized spacial score (nSPS) is 24.6. The van der Waals surface area contributed by atoms with Crippen LogP contribution in [0.2, 0.25) is 18.6 Å². The third-order valence-electron chi connectivity index (χ3n) is 10.4. The van der Waals surface area contributed by atoms with Crippen LogP contribution in [0.3, 0.4) is 0 Å². The number of carbonyl (C=O) groups excluding carboxylic acids is 2. The van der Waals surface area contributed by atoms with E-state index in [2.05, 4.69) is 16.4 Å². The summed E-state index contributed by atoms with van der Waals surface area (Å²) in [7, 11) is -1.10.